The lowest BCUT2D eigenvalue weighted by Gasteiger charge is -2.36. The van der Waals surface area contributed by atoms with Crippen LogP contribution in [0.2, 0.25) is 0 Å². The fourth-order valence-corrected chi connectivity index (χ4v) is 4.53. The zero-order valence-corrected chi connectivity index (χ0v) is 14.7. The van der Waals surface area contributed by atoms with Crippen molar-refractivity contribution in [2.75, 3.05) is 20.3 Å². The van der Waals surface area contributed by atoms with Crippen molar-refractivity contribution in [3.05, 3.63) is 64.7 Å². The fraction of sp³-hybridized carbons (Fsp3) is 0.368. The molecular formula is C19H23NO2S. The first-order valence-corrected chi connectivity index (χ1v) is 9.05. The molecule has 2 aromatic carbocycles. The Bertz CT molecular complexity index is 672. The molecule has 3 rings (SSSR count). The van der Waals surface area contributed by atoms with Gasteiger partial charge in [-0.05, 0) is 49.1 Å². The minimum atomic E-state index is -1.17. The molecule has 1 aliphatic heterocycles. The maximum Gasteiger partial charge on any atom is 0.174 e. The monoisotopic (exact) mass is 329 g/mol. The number of aryl methyl sites for hydroxylation is 2. The van der Waals surface area contributed by atoms with Crippen LogP contribution in [0, 0.1) is 13.8 Å². The van der Waals surface area contributed by atoms with Gasteiger partial charge in [0.2, 0.25) is 0 Å². The number of hydrogen-bond acceptors (Lipinski definition) is 3. The van der Waals surface area contributed by atoms with Gasteiger partial charge in [-0.3, -0.25) is 0 Å². The maximum atomic E-state index is 13.1. The lowest BCUT2D eigenvalue weighted by Crippen LogP contribution is -2.42. The summed E-state index contributed by atoms with van der Waals surface area (Å²) in [4.78, 5) is 0.854. The van der Waals surface area contributed by atoms with Gasteiger partial charge in [0.15, 0.2) is 4.90 Å². The predicted molar refractivity (Wildman–Crippen MR) is 93.8 cm³/mol. The molecule has 0 aromatic heterocycles. The second-order valence-electron chi connectivity index (χ2n) is 6.07. The third kappa shape index (κ3) is 3.31. The van der Waals surface area contributed by atoms with Gasteiger partial charge in [0.25, 0.3) is 0 Å². The van der Waals surface area contributed by atoms with E-state index in [0.29, 0.717) is 6.61 Å². The number of benzene rings is 2. The van der Waals surface area contributed by atoms with Gasteiger partial charge in [0.05, 0.1) is 18.0 Å². The van der Waals surface area contributed by atoms with Crippen LogP contribution in [0.25, 0.3) is 0 Å². The summed E-state index contributed by atoms with van der Waals surface area (Å²) in [5.74, 6) is 0. The van der Waals surface area contributed by atoms with E-state index in [9.17, 15) is 4.55 Å². The predicted octanol–water partition coefficient (Wildman–Crippen LogP) is 3.57. The quantitative estimate of drug-likeness (QED) is 0.805. The molecule has 0 spiro atoms. The molecular weight excluding hydrogens is 306 g/mol. The standard InChI is InChI=1S/C19H23NO2S/c1-14-7-9-16(10-8-14)23(21)20-12-11-17-15(2)5-4-6-18(17)19(20)13-22-3/h4-10,19H,11-13H2,1-3H3/t19-,23-/m1/s1. The fourth-order valence-electron chi connectivity index (χ4n) is 3.23. The van der Waals surface area contributed by atoms with Crippen molar-refractivity contribution in [3.8, 4) is 0 Å². The van der Waals surface area contributed by atoms with E-state index in [1.54, 1.807) is 7.11 Å². The molecule has 0 N–H and O–H groups in total. The van der Waals surface area contributed by atoms with Crippen molar-refractivity contribution in [2.24, 2.45) is 0 Å². The highest BCUT2D eigenvalue weighted by atomic mass is 32.2. The Labute approximate surface area is 141 Å². The third-order valence-electron chi connectivity index (χ3n) is 4.50. The van der Waals surface area contributed by atoms with Crippen LogP contribution < -0.4 is 0 Å². The zero-order chi connectivity index (χ0) is 16.4. The van der Waals surface area contributed by atoms with Crippen LogP contribution in [0.5, 0.6) is 0 Å². The molecule has 2 aromatic rings. The lowest BCUT2D eigenvalue weighted by atomic mass is 9.91. The summed E-state index contributed by atoms with van der Waals surface area (Å²) in [6.45, 7) is 5.52. The molecule has 1 aliphatic rings. The summed E-state index contributed by atoms with van der Waals surface area (Å²) >= 11 is -1.17. The summed E-state index contributed by atoms with van der Waals surface area (Å²) in [5, 5.41) is 0. The molecule has 3 nitrogen and oxygen atoms in total. The van der Waals surface area contributed by atoms with E-state index < -0.39 is 11.4 Å². The normalized spacial score (nSPS) is 19.4. The van der Waals surface area contributed by atoms with Crippen LogP contribution >= 0.6 is 0 Å². The van der Waals surface area contributed by atoms with E-state index in [1.807, 2.05) is 31.2 Å². The highest BCUT2D eigenvalue weighted by Crippen LogP contribution is 2.35. The molecule has 0 saturated heterocycles. The molecule has 0 unspecified atom stereocenters. The van der Waals surface area contributed by atoms with Crippen molar-refractivity contribution in [2.45, 2.75) is 31.2 Å². The summed E-state index contributed by atoms with van der Waals surface area (Å²) in [5.41, 5.74) is 5.12. The van der Waals surface area contributed by atoms with Crippen LogP contribution in [-0.2, 0) is 22.5 Å². The number of fused-ring (bicyclic) bond motifs is 1. The third-order valence-corrected chi connectivity index (χ3v) is 6.03. The molecule has 1 heterocycles. The first-order chi connectivity index (χ1) is 11.1. The first kappa shape index (κ1) is 16.5. The second-order valence-corrected chi connectivity index (χ2v) is 7.51. The SMILES string of the molecule is COC[C@@H]1c2cccc(C)c2CCN1[S@+]([O-])c1ccc(C)cc1. The highest BCUT2D eigenvalue weighted by molar-refractivity contribution is 7.89. The maximum absolute atomic E-state index is 13.1. The summed E-state index contributed by atoms with van der Waals surface area (Å²) in [6.07, 6.45) is 0.930. The number of hydrogen-bond donors (Lipinski definition) is 0. The van der Waals surface area contributed by atoms with Crippen LogP contribution in [-0.4, -0.2) is 29.1 Å². The van der Waals surface area contributed by atoms with E-state index >= 15 is 0 Å². The lowest BCUT2D eigenvalue weighted by molar-refractivity contribution is 0.128. The van der Waals surface area contributed by atoms with Crippen molar-refractivity contribution < 1.29 is 9.29 Å². The van der Waals surface area contributed by atoms with E-state index in [4.69, 9.17) is 4.74 Å². The summed E-state index contributed by atoms with van der Waals surface area (Å²) in [7, 11) is 1.71. The van der Waals surface area contributed by atoms with Gasteiger partial charge in [-0.25, -0.2) is 0 Å². The molecule has 0 bridgehead atoms. The first-order valence-electron chi connectivity index (χ1n) is 7.94. The van der Waals surface area contributed by atoms with Gasteiger partial charge < -0.3 is 9.29 Å². The van der Waals surface area contributed by atoms with Crippen LogP contribution in [0.1, 0.15) is 28.3 Å². The number of nitrogens with zero attached hydrogens (tertiary/aromatic N) is 1. The topological polar surface area (TPSA) is 35.5 Å². The van der Waals surface area contributed by atoms with Crippen LogP contribution in [0.3, 0.4) is 0 Å². The Morgan fingerprint density at radius 3 is 2.61 bits per heavy atom. The Kier molecular flexibility index (Phi) is 5.07. The van der Waals surface area contributed by atoms with Gasteiger partial charge in [-0.1, -0.05) is 35.9 Å². The molecule has 0 aliphatic carbocycles. The van der Waals surface area contributed by atoms with Gasteiger partial charge in [-0.15, -0.1) is 4.31 Å². The molecule has 23 heavy (non-hydrogen) atoms. The average Bonchev–Trinajstić information content (AvgIpc) is 2.56. The average molecular weight is 329 g/mol. The Morgan fingerprint density at radius 2 is 1.91 bits per heavy atom. The molecule has 122 valence electrons. The Morgan fingerprint density at radius 1 is 1.17 bits per heavy atom. The molecule has 0 amide bonds. The van der Waals surface area contributed by atoms with Gasteiger partial charge in [0.1, 0.15) is 6.04 Å². The minimum Gasteiger partial charge on any atom is -0.593 e. The Balaban J connectivity index is 1.94. The van der Waals surface area contributed by atoms with Gasteiger partial charge in [0, 0.05) is 13.7 Å². The van der Waals surface area contributed by atoms with Crippen molar-refractivity contribution in [1.29, 1.82) is 0 Å². The summed E-state index contributed by atoms with van der Waals surface area (Å²) < 4.78 is 20.6. The van der Waals surface area contributed by atoms with Crippen LogP contribution in [0.15, 0.2) is 47.4 Å². The molecule has 0 saturated carbocycles. The van der Waals surface area contributed by atoms with E-state index in [1.165, 1.54) is 22.3 Å². The smallest absolute Gasteiger partial charge is 0.174 e. The molecule has 0 fully saturated rings. The number of methoxy groups -OCH3 is 1. The van der Waals surface area contributed by atoms with Crippen molar-refractivity contribution >= 4 is 11.4 Å². The minimum absolute atomic E-state index is 0.0331. The summed E-state index contributed by atoms with van der Waals surface area (Å²) in [6, 6.07) is 14.4. The molecule has 4 heteroatoms. The van der Waals surface area contributed by atoms with E-state index in [-0.39, 0.29) is 6.04 Å². The largest absolute Gasteiger partial charge is 0.593 e. The van der Waals surface area contributed by atoms with Gasteiger partial charge in [-0.2, -0.15) is 0 Å². The number of rotatable bonds is 4. The Hall–Kier alpha value is -1.33. The zero-order valence-electron chi connectivity index (χ0n) is 13.9. The van der Waals surface area contributed by atoms with Crippen LogP contribution in [0.4, 0.5) is 0 Å². The van der Waals surface area contributed by atoms with E-state index in [2.05, 4.69) is 29.4 Å². The van der Waals surface area contributed by atoms with Crippen molar-refractivity contribution in [1.82, 2.24) is 4.31 Å². The highest BCUT2D eigenvalue weighted by Gasteiger charge is 2.36. The molecule has 0 radical (unpaired) electrons. The second kappa shape index (κ2) is 7.05. The van der Waals surface area contributed by atoms with Gasteiger partial charge >= 0.3 is 0 Å². The van der Waals surface area contributed by atoms with E-state index in [0.717, 1.165) is 17.9 Å². The van der Waals surface area contributed by atoms with Crippen molar-refractivity contribution in [3.63, 3.8) is 0 Å². The number of ether oxygens (including phenoxy) is 1. The molecule has 2 atom stereocenters.